The fraction of sp³-hybridized carbons (Fsp3) is 0.0882. The minimum absolute atomic E-state index is 1.00. The second-order valence-electron chi connectivity index (χ2n) is 10.6. The molecule has 0 spiro atoms. The molecular weight excluding hydrogens is 450 g/mol. The maximum absolute atomic E-state index is 4.85. The predicted octanol–water partition coefficient (Wildman–Crippen LogP) is 8.93. The van der Waals surface area contributed by atoms with E-state index in [-0.39, 0.29) is 0 Å². The lowest BCUT2D eigenvalue weighted by Gasteiger charge is -2.17. The highest BCUT2D eigenvalue weighted by molar-refractivity contribution is 6.88. The Kier molecular flexibility index (Phi) is 5.54. The molecule has 2 heteroatoms. The van der Waals surface area contributed by atoms with Crippen LogP contribution < -0.4 is 5.19 Å². The average molecular weight is 480 g/mol. The topological polar surface area (TPSA) is 12.9 Å². The third kappa shape index (κ3) is 4.25. The standard InChI is InChI=1S/C34H29NSi/c1-36(2,3)31-18-15-24(16-19-31)27-13-11-25-12-14-28(22-30(25)21-27)29-17-20-34(35-23-29)33-10-6-8-26-7-4-5-9-32(26)33/h4-23H,1-3H3. The number of nitrogens with zero attached hydrogens (tertiary/aromatic N) is 1. The number of rotatable bonds is 4. The van der Waals surface area contributed by atoms with E-state index in [9.17, 15) is 0 Å². The van der Waals surface area contributed by atoms with Crippen molar-refractivity contribution in [3.8, 4) is 33.5 Å². The van der Waals surface area contributed by atoms with Gasteiger partial charge in [0.15, 0.2) is 0 Å². The van der Waals surface area contributed by atoms with Gasteiger partial charge in [-0.25, -0.2) is 0 Å². The van der Waals surface area contributed by atoms with Gasteiger partial charge in [0.05, 0.1) is 13.8 Å². The highest BCUT2D eigenvalue weighted by atomic mass is 28.3. The molecule has 0 atom stereocenters. The summed E-state index contributed by atoms with van der Waals surface area (Å²) in [6, 6.07) is 41.8. The fourth-order valence-corrected chi connectivity index (χ4v) is 6.11. The third-order valence-corrected chi connectivity index (χ3v) is 9.15. The Labute approximate surface area is 214 Å². The van der Waals surface area contributed by atoms with Gasteiger partial charge < -0.3 is 0 Å². The molecule has 0 aliphatic carbocycles. The third-order valence-electron chi connectivity index (χ3n) is 7.09. The summed E-state index contributed by atoms with van der Waals surface area (Å²) in [7, 11) is -1.29. The second kappa shape index (κ2) is 8.89. The molecule has 0 saturated heterocycles. The lowest BCUT2D eigenvalue weighted by atomic mass is 9.97. The van der Waals surface area contributed by atoms with E-state index in [1.54, 1.807) is 0 Å². The van der Waals surface area contributed by atoms with Gasteiger partial charge in [-0.2, -0.15) is 0 Å². The fourth-order valence-electron chi connectivity index (χ4n) is 4.94. The minimum atomic E-state index is -1.29. The van der Waals surface area contributed by atoms with Crippen LogP contribution >= 0.6 is 0 Å². The van der Waals surface area contributed by atoms with E-state index < -0.39 is 8.07 Å². The molecule has 0 aliphatic heterocycles. The highest BCUT2D eigenvalue weighted by Crippen LogP contribution is 2.31. The van der Waals surface area contributed by atoms with Gasteiger partial charge in [0.2, 0.25) is 0 Å². The Bertz CT molecular complexity index is 1690. The first kappa shape index (κ1) is 22.5. The zero-order valence-electron chi connectivity index (χ0n) is 21.0. The Morgan fingerprint density at radius 1 is 0.500 bits per heavy atom. The first-order valence-electron chi connectivity index (χ1n) is 12.5. The summed E-state index contributed by atoms with van der Waals surface area (Å²) in [5.74, 6) is 0. The van der Waals surface area contributed by atoms with Crippen LogP contribution in [0.15, 0.2) is 121 Å². The van der Waals surface area contributed by atoms with Gasteiger partial charge in [-0.1, -0.05) is 122 Å². The van der Waals surface area contributed by atoms with Crippen LogP contribution in [0.25, 0.3) is 55.1 Å². The van der Waals surface area contributed by atoms with E-state index in [0.717, 1.165) is 11.3 Å². The van der Waals surface area contributed by atoms with Crippen LogP contribution in [0, 0.1) is 0 Å². The smallest absolute Gasteiger partial charge is 0.0775 e. The summed E-state index contributed by atoms with van der Waals surface area (Å²) in [5.41, 5.74) is 7.01. The number of hydrogen-bond acceptors (Lipinski definition) is 1. The summed E-state index contributed by atoms with van der Waals surface area (Å²) in [6.07, 6.45) is 2.00. The number of pyridine rings is 1. The molecule has 1 nitrogen and oxygen atoms in total. The van der Waals surface area contributed by atoms with Crippen molar-refractivity contribution in [2.24, 2.45) is 0 Å². The molecule has 6 aromatic rings. The van der Waals surface area contributed by atoms with Crippen molar-refractivity contribution < 1.29 is 0 Å². The Balaban J connectivity index is 1.33. The Morgan fingerprint density at radius 3 is 1.83 bits per heavy atom. The SMILES string of the molecule is C[Si](C)(C)c1ccc(-c2ccc3ccc(-c4ccc(-c5cccc6ccccc56)nc4)cc3c2)cc1. The minimum Gasteiger partial charge on any atom is -0.256 e. The second-order valence-corrected chi connectivity index (χ2v) is 15.6. The van der Waals surface area contributed by atoms with Crippen molar-refractivity contribution in [1.82, 2.24) is 4.98 Å². The predicted molar refractivity (Wildman–Crippen MR) is 159 cm³/mol. The summed E-state index contributed by atoms with van der Waals surface area (Å²) in [5, 5.41) is 6.46. The van der Waals surface area contributed by atoms with Crippen LogP contribution in [0.1, 0.15) is 0 Å². The highest BCUT2D eigenvalue weighted by Gasteiger charge is 2.15. The molecule has 0 unspecified atom stereocenters. The van der Waals surface area contributed by atoms with Gasteiger partial charge in [-0.3, -0.25) is 4.98 Å². The van der Waals surface area contributed by atoms with Crippen LogP contribution in [0.5, 0.6) is 0 Å². The van der Waals surface area contributed by atoms with Crippen LogP contribution in [-0.2, 0) is 0 Å². The molecule has 5 aromatic carbocycles. The summed E-state index contributed by atoms with van der Waals surface area (Å²) >= 11 is 0. The van der Waals surface area contributed by atoms with E-state index in [2.05, 4.69) is 135 Å². The number of aromatic nitrogens is 1. The molecule has 0 amide bonds. The molecule has 6 rings (SSSR count). The van der Waals surface area contributed by atoms with Crippen molar-refractivity contribution in [2.75, 3.05) is 0 Å². The summed E-state index contributed by atoms with van der Waals surface area (Å²) < 4.78 is 0. The van der Waals surface area contributed by atoms with Crippen LogP contribution in [0.4, 0.5) is 0 Å². The van der Waals surface area contributed by atoms with E-state index in [1.807, 2.05) is 6.20 Å². The zero-order chi connectivity index (χ0) is 24.7. The lowest BCUT2D eigenvalue weighted by Crippen LogP contribution is -2.37. The normalized spacial score (nSPS) is 11.8. The van der Waals surface area contributed by atoms with Gasteiger partial charge in [-0.05, 0) is 56.4 Å². The average Bonchev–Trinajstić information content (AvgIpc) is 2.92. The van der Waals surface area contributed by atoms with Crippen LogP contribution in [0.2, 0.25) is 19.6 Å². The summed E-state index contributed by atoms with van der Waals surface area (Å²) in [6.45, 7) is 7.18. The molecule has 1 heterocycles. The molecule has 174 valence electrons. The summed E-state index contributed by atoms with van der Waals surface area (Å²) in [4.78, 5) is 4.85. The molecule has 36 heavy (non-hydrogen) atoms. The van der Waals surface area contributed by atoms with Crippen molar-refractivity contribution in [3.63, 3.8) is 0 Å². The van der Waals surface area contributed by atoms with Crippen molar-refractivity contribution in [3.05, 3.63) is 121 Å². The van der Waals surface area contributed by atoms with Gasteiger partial charge in [0.25, 0.3) is 0 Å². The molecular formula is C34H29NSi. The number of benzene rings is 5. The first-order valence-corrected chi connectivity index (χ1v) is 16.0. The van der Waals surface area contributed by atoms with Crippen LogP contribution in [-0.4, -0.2) is 13.1 Å². The van der Waals surface area contributed by atoms with Crippen molar-refractivity contribution >= 4 is 34.8 Å². The molecule has 0 radical (unpaired) electrons. The lowest BCUT2D eigenvalue weighted by molar-refractivity contribution is 1.33. The molecule has 1 aromatic heterocycles. The van der Waals surface area contributed by atoms with E-state index in [0.29, 0.717) is 0 Å². The van der Waals surface area contributed by atoms with Gasteiger partial charge in [-0.15, -0.1) is 0 Å². The van der Waals surface area contributed by atoms with Gasteiger partial charge >= 0.3 is 0 Å². The largest absolute Gasteiger partial charge is 0.256 e. The van der Waals surface area contributed by atoms with Crippen molar-refractivity contribution in [1.29, 1.82) is 0 Å². The number of fused-ring (bicyclic) bond motifs is 2. The number of hydrogen-bond donors (Lipinski definition) is 0. The molecule has 0 bridgehead atoms. The van der Waals surface area contributed by atoms with Crippen molar-refractivity contribution in [2.45, 2.75) is 19.6 Å². The molecule has 0 fully saturated rings. The monoisotopic (exact) mass is 479 g/mol. The van der Waals surface area contributed by atoms with Gasteiger partial charge in [0, 0.05) is 17.3 Å². The van der Waals surface area contributed by atoms with E-state index in [4.69, 9.17) is 4.98 Å². The zero-order valence-corrected chi connectivity index (χ0v) is 22.0. The Hall–Kier alpha value is -4.01. The van der Waals surface area contributed by atoms with Gasteiger partial charge in [0.1, 0.15) is 0 Å². The quantitative estimate of drug-likeness (QED) is 0.230. The maximum atomic E-state index is 4.85. The van der Waals surface area contributed by atoms with Crippen LogP contribution in [0.3, 0.4) is 0 Å². The molecule has 0 saturated carbocycles. The molecule has 0 N–H and O–H groups in total. The van der Waals surface area contributed by atoms with E-state index >= 15 is 0 Å². The molecule has 0 aliphatic rings. The maximum Gasteiger partial charge on any atom is 0.0775 e. The Morgan fingerprint density at radius 2 is 1.14 bits per heavy atom. The first-order chi connectivity index (χ1) is 17.5. The van der Waals surface area contributed by atoms with E-state index in [1.165, 1.54) is 49.0 Å².